The molecule has 0 saturated heterocycles. The van der Waals surface area contributed by atoms with Gasteiger partial charge in [0.05, 0.1) is 5.92 Å². The van der Waals surface area contributed by atoms with Crippen LogP contribution in [0.3, 0.4) is 0 Å². The van der Waals surface area contributed by atoms with Gasteiger partial charge in [0.1, 0.15) is 0 Å². The fourth-order valence-corrected chi connectivity index (χ4v) is 1.61. The SMILES string of the molecule is O=C(O)C1C=CC=C1CCCCCl. The number of rotatable bonds is 5. The van der Waals surface area contributed by atoms with Crippen molar-refractivity contribution in [1.29, 1.82) is 0 Å². The summed E-state index contributed by atoms with van der Waals surface area (Å²) >= 11 is 5.53. The Labute approximate surface area is 82.9 Å². The molecule has 13 heavy (non-hydrogen) atoms. The molecule has 0 aromatic rings. The van der Waals surface area contributed by atoms with Crippen LogP contribution in [-0.4, -0.2) is 17.0 Å². The average molecular weight is 201 g/mol. The van der Waals surface area contributed by atoms with Crippen molar-refractivity contribution in [2.24, 2.45) is 5.92 Å². The molecular weight excluding hydrogens is 188 g/mol. The molecule has 0 bridgehead atoms. The number of carboxylic acids is 1. The summed E-state index contributed by atoms with van der Waals surface area (Å²) in [7, 11) is 0. The molecule has 0 aromatic carbocycles. The summed E-state index contributed by atoms with van der Waals surface area (Å²) in [5.41, 5.74) is 0.998. The molecule has 0 aromatic heterocycles. The van der Waals surface area contributed by atoms with Crippen molar-refractivity contribution in [3.8, 4) is 0 Å². The molecule has 0 amide bonds. The number of allylic oxidation sites excluding steroid dienone is 2. The van der Waals surface area contributed by atoms with Gasteiger partial charge in [0.15, 0.2) is 0 Å². The van der Waals surface area contributed by atoms with Crippen molar-refractivity contribution in [2.75, 3.05) is 5.88 Å². The zero-order chi connectivity index (χ0) is 9.68. The number of halogens is 1. The van der Waals surface area contributed by atoms with Crippen molar-refractivity contribution in [3.63, 3.8) is 0 Å². The summed E-state index contributed by atoms with van der Waals surface area (Å²) < 4.78 is 0. The quantitative estimate of drug-likeness (QED) is 0.547. The largest absolute Gasteiger partial charge is 0.481 e. The van der Waals surface area contributed by atoms with Gasteiger partial charge >= 0.3 is 5.97 Å². The Bertz CT molecular complexity index is 243. The molecule has 0 radical (unpaired) electrons. The highest BCUT2D eigenvalue weighted by Crippen LogP contribution is 2.24. The van der Waals surface area contributed by atoms with Crippen LogP contribution in [0.15, 0.2) is 23.8 Å². The maximum atomic E-state index is 10.7. The zero-order valence-corrected chi connectivity index (χ0v) is 8.13. The summed E-state index contributed by atoms with van der Waals surface area (Å²) in [5, 5.41) is 8.82. The first-order chi connectivity index (χ1) is 6.25. The maximum Gasteiger partial charge on any atom is 0.314 e. The number of carboxylic acid groups (broad SMARTS) is 1. The van der Waals surface area contributed by atoms with Crippen LogP contribution in [0.1, 0.15) is 19.3 Å². The van der Waals surface area contributed by atoms with Crippen LogP contribution in [0.25, 0.3) is 0 Å². The smallest absolute Gasteiger partial charge is 0.314 e. The van der Waals surface area contributed by atoms with Gasteiger partial charge in [0, 0.05) is 5.88 Å². The van der Waals surface area contributed by atoms with E-state index < -0.39 is 11.9 Å². The Morgan fingerprint density at radius 3 is 2.92 bits per heavy atom. The molecule has 72 valence electrons. The summed E-state index contributed by atoms with van der Waals surface area (Å²) in [6.45, 7) is 0. The van der Waals surface area contributed by atoms with E-state index in [9.17, 15) is 4.79 Å². The highest BCUT2D eigenvalue weighted by molar-refractivity contribution is 6.17. The third kappa shape index (κ3) is 2.88. The molecule has 1 aliphatic rings. The summed E-state index contributed by atoms with van der Waals surface area (Å²) in [6.07, 6.45) is 8.20. The Hall–Kier alpha value is -0.760. The fourth-order valence-electron chi connectivity index (χ4n) is 1.42. The first-order valence-corrected chi connectivity index (χ1v) is 4.95. The lowest BCUT2D eigenvalue weighted by Gasteiger charge is -2.07. The highest BCUT2D eigenvalue weighted by atomic mass is 35.5. The molecule has 1 atom stereocenters. The molecule has 1 aliphatic carbocycles. The lowest BCUT2D eigenvalue weighted by atomic mass is 9.98. The lowest BCUT2D eigenvalue weighted by molar-refractivity contribution is -0.138. The van der Waals surface area contributed by atoms with E-state index in [1.54, 1.807) is 6.08 Å². The normalized spacial score (nSPS) is 20.4. The van der Waals surface area contributed by atoms with Crippen molar-refractivity contribution in [2.45, 2.75) is 19.3 Å². The molecule has 1 N–H and O–H groups in total. The van der Waals surface area contributed by atoms with Crippen LogP contribution in [0.4, 0.5) is 0 Å². The molecule has 0 aliphatic heterocycles. The third-order valence-corrected chi connectivity index (χ3v) is 2.40. The Kier molecular flexibility index (Phi) is 4.03. The second kappa shape index (κ2) is 5.07. The van der Waals surface area contributed by atoms with Gasteiger partial charge in [-0.3, -0.25) is 4.79 Å². The van der Waals surface area contributed by atoms with Gasteiger partial charge < -0.3 is 5.11 Å². The second-order valence-corrected chi connectivity index (χ2v) is 3.47. The van der Waals surface area contributed by atoms with Crippen molar-refractivity contribution >= 4 is 17.6 Å². The number of aliphatic carboxylic acids is 1. The maximum absolute atomic E-state index is 10.7. The number of unbranched alkanes of at least 4 members (excludes halogenated alkanes) is 1. The molecule has 0 heterocycles. The molecule has 0 saturated carbocycles. The molecule has 2 nitrogen and oxygen atoms in total. The van der Waals surface area contributed by atoms with Crippen molar-refractivity contribution in [1.82, 2.24) is 0 Å². The fraction of sp³-hybridized carbons (Fsp3) is 0.500. The molecule has 0 fully saturated rings. The molecule has 1 unspecified atom stereocenters. The molecule has 0 spiro atoms. The average Bonchev–Trinajstić information content (AvgIpc) is 2.53. The minimum absolute atomic E-state index is 0.393. The van der Waals surface area contributed by atoms with Gasteiger partial charge in [-0.05, 0) is 19.3 Å². The number of hydrogen-bond acceptors (Lipinski definition) is 1. The van der Waals surface area contributed by atoms with Crippen LogP contribution >= 0.6 is 11.6 Å². The zero-order valence-electron chi connectivity index (χ0n) is 7.37. The van der Waals surface area contributed by atoms with E-state index in [0.29, 0.717) is 5.88 Å². The second-order valence-electron chi connectivity index (χ2n) is 3.09. The first-order valence-electron chi connectivity index (χ1n) is 4.41. The van der Waals surface area contributed by atoms with E-state index in [4.69, 9.17) is 16.7 Å². The standard InChI is InChI=1S/C10H13ClO2/c11-7-2-1-4-8-5-3-6-9(8)10(12)13/h3,5-6,9H,1-2,4,7H2,(H,12,13). The number of hydrogen-bond donors (Lipinski definition) is 1. The predicted molar refractivity (Wildman–Crippen MR) is 52.9 cm³/mol. The van der Waals surface area contributed by atoms with E-state index in [0.717, 1.165) is 24.8 Å². The Morgan fingerprint density at radius 2 is 2.31 bits per heavy atom. The van der Waals surface area contributed by atoms with Crippen LogP contribution in [-0.2, 0) is 4.79 Å². The predicted octanol–water partition coefficient (Wildman–Crippen LogP) is 2.59. The van der Waals surface area contributed by atoms with Gasteiger partial charge in [0.2, 0.25) is 0 Å². The van der Waals surface area contributed by atoms with Crippen molar-refractivity contribution < 1.29 is 9.90 Å². The summed E-state index contributed by atoms with van der Waals surface area (Å²) in [4.78, 5) is 10.7. The monoisotopic (exact) mass is 200 g/mol. The van der Waals surface area contributed by atoms with E-state index in [1.807, 2.05) is 12.2 Å². The molecule has 3 heteroatoms. The van der Waals surface area contributed by atoms with Crippen LogP contribution in [0, 0.1) is 5.92 Å². The highest BCUT2D eigenvalue weighted by Gasteiger charge is 2.20. The van der Waals surface area contributed by atoms with Gasteiger partial charge in [-0.25, -0.2) is 0 Å². The Balaban J connectivity index is 2.38. The van der Waals surface area contributed by atoms with E-state index in [1.165, 1.54) is 0 Å². The first kappa shape index (κ1) is 10.3. The van der Waals surface area contributed by atoms with Gasteiger partial charge in [-0.2, -0.15) is 0 Å². The van der Waals surface area contributed by atoms with Gasteiger partial charge in [0.25, 0.3) is 0 Å². The minimum Gasteiger partial charge on any atom is -0.481 e. The van der Waals surface area contributed by atoms with Crippen LogP contribution in [0.5, 0.6) is 0 Å². The van der Waals surface area contributed by atoms with Crippen LogP contribution < -0.4 is 0 Å². The topological polar surface area (TPSA) is 37.3 Å². The van der Waals surface area contributed by atoms with Crippen LogP contribution in [0.2, 0.25) is 0 Å². The van der Waals surface area contributed by atoms with Gasteiger partial charge in [-0.1, -0.05) is 23.8 Å². The lowest BCUT2D eigenvalue weighted by Crippen LogP contribution is -2.11. The van der Waals surface area contributed by atoms with E-state index in [-0.39, 0.29) is 0 Å². The molecular formula is C10H13ClO2. The number of carbonyl (C=O) groups is 1. The summed E-state index contributed by atoms with van der Waals surface area (Å²) in [6, 6.07) is 0. The van der Waals surface area contributed by atoms with E-state index >= 15 is 0 Å². The minimum atomic E-state index is -0.758. The third-order valence-electron chi connectivity index (χ3n) is 2.13. The van der Waals surface area contributed by atoms with E-state index in [2.05, 4.69) is 0 Å². The Morgan fingerprint density at radius 1 is 1.54 bits per heavy atom. The number of alkyl halides is 1. The van der Waals surface area contributed by atoms with Crippen molar-refractivity contribution in [3.05, 3.63) is 23.8 Å². The van der Waals surface area contributed by atoms with Gasteiger partial charge in [-0.15, -0.1) is 11.6 Å². The molecule has 1 rings (SSSR count). The summed E-state index contributed by atoms with van der Waals surface area (Å²) in [5.74, 6) is -0.500.